The summed E-state index contributed by atoms with van der Waals surface area (Å²) in [6.45, 7) is 2.72. The Morgan fingerprint density at radius 2 is 1.97 bits per heavy atom. The van der Waals surface area contributed by atoms with E-state index in [4.69, 9.17) is 5.11 Å². The minimum atomic E-state index is -0.903. The summed E-state index contributed by atoms with van der Waals surface area (Å²) in [6.07, 6.45) is 5.94. The molecular weight excluding hydrogens is 465 g/mol. The first kappa shape index (κ1) is 25.5. The van der Waals surface area contributed by atoms with Crippen molar-refractivity contribution in [3.8, 4) is 0 Å². The largest absolute Gasteiger partial charge is 0.481 e. The number of carbonyl (C=O) groups excluding carboxylic acids is 1. The fraction of sp³-hybridized carbons (Fsp3) is 0.522. The van der Waals surface area contributed by atoms with Gasteiger partial charge in [0.25, 0.3) is 0 Å². The Hall–Kier alpha value is -2.17. The van der Waals surface area contributed by atoms with Gasteiger partial charge in [0.2, 0.25) is 0 Å². The minimum Gasteiger partial charge on any atom is -0.481 e. The summed E-state index contributed by atoms with van der Waals surface area (Å²) in [7, 11) is 0. The number of hydrogen-bond acceptors (Lipinski definition) is 6. The first-order valence-corrected chi connectivity index (χ1v) is 12.9. The van der Waals surface area contributed by atoms with Gasteiger partial charge in [-0.3, -0.25) is 10.1 Å². The normalized spacial score (nSPS) is 19.1. The lowest BCUT2D eigenvalue weighted by Crippen LogP contribution is -2.45. The summed E-state index contributed by atoms with van der Waals surface area (Å²) < 4.78 is 13.9. The number of halogens is 1. The molecule has 1 aromatic carbocycles. The van der Waals surface area contributed by atoms with E-state index >= 15 is 0 Å². The Labute approximate surface area is 201 Å². The molecule has 0 saturated heterocycles. The second kappa shape index (κ2) is 12.3. The highest BCUT2D eigenvalue weighted by molar-refractivity contribution is 8.01. The van der Waals surface area contributed by atoms with Gasteiger partial charge in [0.05, 0.1) is 22.3 Å². The number of amides is 2. The van der Waals surface area contributed by atoms with Gasteiger partial charge in [0.15, 0.2) is 5.13 Å². The van der Waals surface area contributed by atoms with Crippen LogP contribution in [0.25, 0.3) is 0 Å². The summed E-state index contributed by atoms with van der Waals surface area (Å²) in [5, 5.41) is 22.6. The third-order valence-corrected chi connectivity index (χ3v) is 7.95. The molecule has 0 radical (unpaired) electrons. The highest BCUT2D eigenvalue weighted by atomic mass is 32.2. The number of thioether (sulfide) groups is 1. The maximum absolute atomic E-state index is 13.1. The predicted octanol–water partition coefficient (Wildman–Crippen LogP) is 5.39. The maximum Gasteiger partial charge on any atom is 0.323 e. The van der Waals surface area contributed by atoms with E-state index in [9.17, 15) is 19.1 Å². The lowest BCUT2D eigenvalue weighted by Gasteiger charge is -2.36. The molecule has 0 spiro atoms. The maximum atomic E-state index is 13.1. The standard InChI is InChI=1S/C23H30FN3O4S2/c1-15-4-10-18(11-5-15)27(12-2-3-19(28)16-6-8-17(24)9-7-16)23(31)26-22-25-13-21(33-22)32-14-20(29)30/h6-9,13,15,18-19,28H,2-5,10-12,14H2,1H3,(H,29,30)(H,25,26,31). The van der Waals surface area contributed by atoms with Crippen molar-refractivity contribution in [1.82, 2.24) is 9.88 Å². The van der Waals surface area contributed by atoms with Crippen LogP contribution < -0.4 is 5.32 Å². The molecule has 1 heterocycles. The zero-order chi connectivity index (χ0) is 23.8. The molecule has 3 N–H and O–H groups in total. The van der Waals surface area contributed by atoms with Crippen molar-refractivity contribution in [2.75, 3.05) is 17.6 Å². The molecule has 0 aliphatic heterocycles. The smallest absolute Gasteiger partial charge is 0.323 e. The van der Waals surface area contributed by atoms with Gasteiger partial charge in [-0.25, -0.2) is 14.2 Å². The van der Waals surface area contributed by atoms with Crippen molar-refractivity contribution in [2.45, 2.75) is 61.8 Å². The number of thiazole rings is 1. The van der Waals surface area contributed by atoms with Crippen LogP contribution in [0.4, 0.5) is 14.3 Å². The first-order valence-electron chi connectivity index (χ1n) is 11.1. The van der Waals surface area contributed by atoms with E-state index in [1.807, 2.05) is 4.90 Å². The van der Waals surface area contributed by atoms with Gasteiger partial charge in [-0.05, 0) is 62.1 Å². The average molecular weight is 496 g/mol. The van der Waals surface area contributed by atoms with E-state index in [1.165, 1.54) is 35.2 Å². The van der Waals surface area contributed by atoms with Crippen molar-refractivity contribution < 1.29 is 24.2 Å². The average Bonchev–Trinajstić information content (AvgIpc) is 3.23. The summed E-state index contributed by atoms with van der Waals surface area (Å²) in [4.78, 5) is 29.9. The molecule has 1 fully saturated rings. The van der Waals surface area contributed by atoms with Crippen molar-refractivity contribution in [3.63, 3.8) is 0 Å². The van der Waals surface area contributed by atoms with E-state index in [0.717, 1.165) is 29.9 Å². The second-order valence-corrected chi connectivity index (χ2v) is 10.7. The Morgan fingerprint density at radius 1 is 1.27 bits per heavy atom. The molecule has 1 atom stereocenters. The zero-order valence-corrected chi connectivity index (χ0v) is 20.2. The Kier molecular flexibility index (Phi) is 9.52. The summed E-state index contributed by atoms with van der Waals surface area (Å²) >= 11 is 2.42. The van der Waals surface area contributed by atoms with Crippen molar-refractivity contribution in [1.29, 1.82) is 0 Å². The number of aliphatic hydroxyl groups excluding tert-OH is 1. The lowest BCUT2D eigenvalue weighted by molar-refractivity contribution is -0.133. The quantitative estimate of drug-likeness (QED) is 0.382. The highest BCUT2D eigenvalue weighted by Gasteiger charge is 2.28. The number of carboxylic acid groups (broad SMARTS) is 1. The molecule has 1 saturated carbocycles. The third-order valence-electron chi connectivity index (χ3n) is 5.85. The van der Waals surface area contributed by atoms with Gasteiger partial charge in [0.1, 0.15) is 5.82 Å². The van der Waals surface area contributed by atoms with Crippen LogP contribution in [-0.2, 0) is 4.79 Å². The predicted molar refractivity (Wildman–Crippen MR) is 128 cm³/mol. The fourth-order valence-corrected chi connectivity index (χ4v) is 5.57. The van der Waals surface area contributed by atoms with Gasteiger partial charge >= 0.3 is 12.0 Å². The number of urea groups is 1. The minimum absolute atomic E-state index is 0.0572. The molecule has 10 heteroatoms. The number of aliphatic hydroxyl groups is 1. The molecule has 1 aliphatic rings. The number of hydrogen-bond donors (Lipinski definition) is 3. The number of nitrogens with zero attached hydrogens (tertiary/aromatic N) is 2. The number of aromatic nitrogens is 1. The van der Waals surface area contributed by atoms with Crippen LogP contribution in [0.2, 0.25) is 0 Å². The van der Waals surface area contributed by atoms with Gasteiger partial charge in [-0.2, -0.15) is 0 Å². The fourth-order valence-electron chi connectivity index (χ4n) is 3.99. The molecule has 3 rings (SSSR count). The zero-order valence-electron chi connectivity index (χ0n) is 18.6. The van der Waals surface area contributed by atoms with Crippen LogP contribution in [0.15, 0.2) is 34.7 Å². The number of anilines is 1. The Morgan fingerprint density at radius 3 is 2.64 bits per heavy atom. The van der Waals surface area contributed by atoms with Crippen molar-refractivity contribution >= 4 is 40.2 Å². The number of rotatable bonds is 10. The van der Waals surface area contributed by atoms with Crippen LogP contribution in [0, 0.1) is 11.7 Å². The molecule has 7 nitrogen and oxygen atoms in total. The topological polar surface area (TPSA) is 103 Å². The highest BCUT2D eigenvalue weighted by Crippen LogP contribution is 2.31. The van der Waals surface area contributed by atoms with Gasteiger partial charge in [-0.1, -0.05) is 30.4 Å². The number of carbonyl (C=O) groups is 2. The van der Waals surface area contributed by atoms with Crippen LogP contribution in [0.1, 0.15) is 57.1 Å². The van der Waals surface area contributed by atoms with E-state index < -0.39 is 12.1 Å². The number of nitrogens with one attached hydrogen (secondary N) is 1. The van der Waals surface area contributed by atoms with Gasteiger partial charge in [-0.15, -0.1) is 11.8 Å². The molecule has 33 heavy (non-hydrogen) atoms. The lowest BCUT2D eigenvalue weighted by atomic mass is 9.86. The number of aliphatic carboxylic acids is 1. The molecule has 0 bridgehead atoms. The molecule has 2 amide bonds. The molecule has 1 aromatic heterocycles. The molecule has 1 unspecified atom stereocenters. The van der Waals surface area contributed by atoms with Crippen LogP contribution >= 0.6 is 23.1 Å². The molecule has 2 aromatic rings. The van der Waals surface area contributed by atoms with E-state index in [2.05, 4.69) is 17.2 Å². The monoisotopic (exact) mass is 495 g/mol. The summed E-state index contributed by atoms with van der Waals surface area (Å²) in [5.41, 5.74) is 0.660. The van der Waals surface area contributed by atoms with Crippen LogP contribution in [0.5, 0.6) is 0 Å². The van der Waals surface area contributed by atoms with Crippen LogP contribution in [-0.4, -0.2) is 50.4 Å². The Balaban J connectivity index is 1.59. The SMILES string of the molecule is CC1CCC(N(CCCC(O)c2ccc(F)cc2)C(=O)Nc2ncc(SCC(=O)O)s2)CC1. The van der Waals surface area contributed by atoms with Gasteiger partial charge < -0.3 is 15.1 Å². The van der Waals surface area contributed by atoms with Crippen molar-refractivity contribution in [2.24, 2.45) is 5.92 Å². The first-order chi connectivity index (χ1) is 15.8. The Bertz CT molecular complexity index is 917. The van der Waals surface area contributed by atoms with E-state index in [-0.39, 0.29) is 23.6 Å². The third kappa shape index (κ3) is 7.97. The van der Waals surface area contributed by atoms with Crippen LogP contribution in [0.3, 0.4) is 0 Å². The summed E-state index contributed by atoms with van der Waals surface area (Å²) in [6, 6.07) is 5.72. The summed E-state index contributed by atoms with van der Waals surface area (Å²) in [5.74, 6) is -0.649. The number of carboxylic acids is 1. The molecular formula is C23H30FN3O4S2. The molecule has 180 valence electrons. The second-order valence-electron chi connectivity index (χ2n) is 8.41. The van der Waals surface area contributed by atoms with Crippen molar-refractivity contribution in [3.05, 3.63) is 41.8 Å². The van der Waals surface area contributed by atoms with E-state index in [1.54, 1.807) is 18.3 Å². The number of benzene rings is 1. The molecule has 1 aliphatic carbocycles. The van der Waals surface area contributed by atoms with Gasteiger partial charge in [0, 0.05) is 12.6 Å². The van der Waals surface area contributed by atoms with E-state index in [0.29, 0.717) is 36.0 Å².